The lowest BCUT2D eigenvalue weighted by Gasteiger charge is -2.06. The molecule has 0 unspecified atom stereocenters. The van der Waals surface area contributed by atoms with Crippen LogP contribution in [0.15, 0.2) is 53.1 Å². The molecule has 25 heavy (non-hydrogen) atoms. The smallest absolute Gasteiger partial charge is 0.230 e. The van der Waals surface area contributed by atoms with Crippen molar-refractivity contribution in [3.63, 3.8) is 0 Å². The summed E-state index contributed by atoms with van der Waals surface area (Å²) >= 11 is 0. The van der Waals surface area contributed by atoms with E-state index in [9.17, 15) is 4.79 Å². The Kier molecular flexibility index (Phi) is 4.84. The number of carbonyl (C=O) groups is 1. The molecule has 0 saturated heterocycles. The SMILES string of the molecule is COc1ccc(-c2cc(CC(=O)Nc3ccc(C)c(C)c3)no2)cc1. The fourth-order valence-corrected chi connectivity index (χ4v) is 2.48. The van der Waals surface area contributed by atoms with Crippen LogP contribution in [0, 0.1) is 13.8 Å². The van der Waals surface area contributed by atoms with Crippen molar-refractivity contribution < 1.29 is 14.1 Å². The molecule has 5 heteroatoms. The van der Waals surface area contributed by atoms with Crippen molar-refractivity contribution in [3.05, 3.63) is 65.4 Å². The summed E-state index contributed by atoms with van der Waals surface area (Å²) in [7, 11) is 1.62. The summed E-state index contributed by atoms with van der Waals surface area (Å²) in [6.45, 7) is 4.06. The summed E-state index contributed by atoms with van der Waals surface area (Å²) < 4.78 is 10.5. The normalized spacial score (nSPS) is 10.5. The number of benzene rings is 2. The van der Waals surface area contributed by atoms with Crippen LogP contribution in [0.4, 0.5) is 5.69 Å². The number of rotatable bonds is 5. The minimum atomic E-state index is -0.127. The summed E-state index contributed by atoms with van der Waals surface area (Å²) in [5, 5.41) is 6.87. The molecule has 1 aromatic heterocycles. The third-order valence-corrected chi connectivity index (χ3v) is 4.07. The van der Waals surface area contributed by atoms with E-state index in [-0.39, 0.29) is 12.3 Å². The Morgan fingerprint density at radius 2 is 1.84 bits per heavy atom. The molecule has 5 nitrogen and oxygen atoms in total. The number of methoxy groups -OCH3 is 1. The molecule has 3 aromatic rings. The quantitative estimate of drug-likeness (QED) is 0.760. The Labute approximate surface area is 146 Å². The van der Waals surface area contributed by atoms with E-state index in [4.69, 9.17) is 9.26 Å². The maximum Gasteiger partial charge on any atom is 0.230 e. The van der Waals surface area contributed by atoms with Gasteiger partial charge in [-0.15, -0.1) is 0 Å². The van der Waals surface area contributed by atoms with Gasteiger partial charge in [0.15, 0.2) is 5.76 Å². The zero-order valence-electron chi connectivity index (χ0n) is 14.5. The predicted molar refractivity (Wildman–Crippen MR) is 96.7 cm³/mol. The molecule has 2 aromatic carbocycles. The van der Waals surface area contributed by atoms with Gasteiger partial charge in [0.05, 0.1) is 19.2 Å². The average molecular weight is 336 g/mol. The topological polar surface area (TPSA) is 64.4 Å². The first-order chi connectivity index (χ1) is 12.0. The zero-order valence-corrected chi connectivity index (χ0v) is 14.5. The van der Waals surface area contributed by atoms with Gasteiger partial charge in [-0.2, -0.15) is 0 Å². The van der Waals surface area contributed by atoms with Crippen molar-refractivity contribution in [2.45, 2.75) is 20.3 Å². The van der Waals surface area contributed by atoms with Gasteiger partial charge in [0.1, 0.15) is 5.75 Å². The van der Waals surface area contributed by atoms with Gasteiger partial charge in [0, 0.05) is 17.3 Å². The number of hydrogen-bond acceptors (Lipinski definition) is 4. The lowest BCUT2D eigenvalue weighted by atomic mass is 10.1. The summed E-state index contributed by atoms with van der Waals surface area (Å²) in [6.07, 6.45) is 0.159. The van der Waals surface area contributed by atoms with Gasteiger partial charge < -0.3 is 14.6 Å². The molecule has 1 N–H and O–H groups in total. The minimum absolute atomic E-state index is 0.127. The van der Waals surface area contributed by atoms with E-state index in [2.05, 4.69) is 10.5 Å². The van der Waals surface area contributed by atoms with Crippen molar-refractivity contribution in [2.75, 3.05) is 12.4 Å². The Balaban J connectivity index is 1.65. The van der Waals surface area contributed by atoms with Crippen LogP contribution in [0.1, 0.15) is 16.8 Å². The van der Waals surface area contributed by atoms with Crippen LogP contribution in [0.2, 0.25) is 0 Å². The van der Waals surface area contributed by atoms with E-state index < -0.39 is 0 Å². The molecule has 0 atom stereocenters. The summed E-state index contributed by atoms with van der Waals surface area (Å²) in [6, 6.07) is 15.1. The highest BCUT2D eigenvalue weighted by atomic mass is 16.5. The van der Waals surface area contributed by atoms with E-state index in [0.29, 0.717) is 11.5 Å². The molecule has 0 aliphatic rings. The molecule has 0 radical (unpaired) electrons. The molecule has 0 bridgehead atoms. The second-order valence-corrected chi connectivity index (χ2v) is 5.93. The largest absolute Gasteiger partial charge is 0.497 e. The van der Waals surface area contributed by atoms with Crippen molar-refractivity contribution >= 4 is 11.6 Å². The fourth-order valence-electron chi connectivity index (χ4n) is 2.48. The Morgan fingerprint density at radius 3 is 2.52 bits per heavy atom. The van der Waals surface area contributed by atoms with Crippen molar-refractivity contribution in [1.82, 2.24) is 5.16 Å². The van der Waals surface area contributed by atoms with Crippen molar-refractivity contribution in [3.8, 4) is 17.1 Å². The zero-order chi connectivity index (χ0) is 17.8. The van der Waals surface area contributed by atoms with Crippen LogP contribution in [-0.4, -0.2) is 18.2 Å². The van der Waals surface area contributed by atoms with E-state index in [0.717, 1.165) is 22.6 Å². The third-order valence-electron chi connectivity index (χ3n) is 4.07. The number of hydrogen-bond donors (Lipinski definition) is 1. The first kappa shape index (κ1) is 16.8. The highest BCUT2D eigenvalue weighted by Crippen LogP contribution is 2.23. The van der Waals surface area contributed by atoms with Crippen molar-refractivity contribution in [1.29, 1.82) is 0 Å². The van der Waals surface area contributed by atoms with Crippen LogP contribution in [0.3, 0.4) is 0 Å². The molecule has 0 spiro atoms. The molecular weight excluding hydrogens is 316 g/mol. The lowest BCUT2D eigenvalue weighted by Crippen LogP contribution is -2.14. The molecule has 3 rings (SSSR count). The van der Waals surface area contributed by atoms with Crippen LogP contribution in [0.25, 0.3) is 11.3 Å². The second-order valence-electron chi connectivity index (χ2n) is 5.93. The van der Waals surface area contributed by atoms with Crippen LogP contribution in [-0.2, 0) is 11.2 Å². The van der Waals surface area contributed by atoms with Gasteiger partial charge in [-0.3, -0.25) is 4.79 Å². The van der Waals surface area contributed by atoms with Crippen molar-refractivity contribution in [2.24, 2.45) is 0 Å². The maximum absolute atomic E-state index is 12.2. The Hall–Kier alpha value is -3.08. The molecular formula is C20H20N2O3. The van der Waals surface area contributed by atoms with Gasteiger partial charge in [-0.05, 0) is 61.4 Å². The number of anilines is 1. The maximum atomic E-state index is 12.2. The van der Waals surface area contributed by atoms with E-state index in [1.165, 1.54) is 5.56 Å². The highest BCUT2D eigenvalue weighted by Gasteiger charge is 2.11. The summed E-state index contributed by atoms with van der Waals surface area (Å²) in [5.41, 5.74) is 4.59. The lowest BCUT2D eigenvalue weighted by molar-refractivity contribution is -0.115. The number of carbonyl (C=O) groups excluding carboxylic acids is 1. The molecule has 1 heterocycles. The minimum Gasteiger partial charge on any atom is -0.497 e. The van der Waals surface area contributed by atoms with Crippen LogP contribution in [0.5, 0.6) is 5.75 Å². The standard InChI is InChI=1S/C20H20N2O3/c1-13-4-7-16(10-14(13)2)21-20(23)12-17-11-19(25-22-17)15-5-8-18(24-3)9-6-15/h4-11H,12H2,1-3H3,(H,21,23). The van der Waals surface area contributed by atoms with Gasteiger partial charge >= 0.3 is 0 Å². The number of ether oxygens (including phenoxy) is 1. The van der Waals surface area contributed by atoms with Crippen LogP contribution >= 0.6 is 0 Å². The fraction of sp³-hybridized carbons (Fsp3) is 0.200. The van der Waals surface area contributed by atoms with Crippen LogP contribution < -0.4 is 10.1 Å². The van der Waals surface area contributed by atoms with Gasteiger partial charge in [0.25, 0.3) is 0 Å². The highest BCUT2D eigenvalue weighted by molar-refractivity contribution is 5.92. The summed E-state index contributed by atoms with van der Waals surface area (Å²) in [5.74, 6) is 1.27. The summed E-state index contributed by atoms with van der Waals surface area (Å²) in [4.78, 5) is 12.2. The average Bonchev–Trinajstić information content (AvgIpc) is 3.06. The van der Waals surface area contributed by atoms with E-state index in [1.807, 2.05) is 56.3 Å². The molecule has 0 saturated carbocycles. The second kappa shape index (κ2) is 7.21. The van der Waals surface area contributed by atoms with Gasteiger partial charge in [0.2, 0.25) is 5.91 Å². The Morgan fingerprint density at radius 1 is 1.08 bits per heavy atom. The molecule has 0 fully saturated rings. The molecule has 0 aliphatic carbocycles. The van der Waals surface area contributed by atoms with E-state index >= 15 is 0 Å². The molecule has 0 aliphatic heterocycles. The molecule has 1 amide bonds. The number of nitrogens with zero attached hydrogens (tertiary/aromatic N) is 1. The predicted octanol–water partition coefficient (Wildman–Crippen LogP) is 4.15. The van der Waals surface area contributed by atoms with Gasteiger partial charge in [-0.25, -0.2) is 0 Å². The number of amides is 1. The van der Waals surface area contributed by atoms with E-state index in [1.54, 1.807) is 13.2 Å². The number of aryl methyl sites for hydroxylation is 2. The first-order valence-corrected chi connectivity index (χ1v) is 8.02. The number of aromatic nitrogens is 1. The molecule has 128 valence electrons. The monoisotopic (exact) mass is 336 g/mol. The first-order valence-electron chi connectivity index (χ1n) is 8.02. The Bertz CT molecular complexity index is 882. The number of nitrogens with one attached hydrogen (secondary N) is 1. The van der Waals surface area contributed by atoms with Gasteiger partial charge in [-0.1, -0.05) is 11.2 Å². The third kappa shape index (κ3) is 4.07.